The van der Waals surface area contributed by atoms with Gasteiger partial charge in [0.25, 0.3) is 0 Å². The zero-order valence-electron chi connectivity index (χ0n) is 41.3. The molecule has 1 aromatic heterocycles. The van der Waals surface area contributed by atoms with E-state index >= 15 is 0 Å². The SMILES string of the molecule is CNCC(=O)N[C@@H](CCCN=C(N)N)C(=O)N[C@H]1CCC(=O)NCCCC[C@@H](C(=O)N[C@@H](Cc2cnc[nH]2)C(=O)N2CCC[C@H]2C(=O)N[C@H](Cc2ccccc2)C(=O)O)NC(=O)[C@H](Cc2ccc(O)cc2)NC1=O. The summed E-state index contributed by atoms with van der Waals surface area (Å²) in [6, 6.07) is 5.58. The van der Waals surface area contributed by atoms with E-state index in [0.29, 0.717) is 29.7 Å². The number of aromatic nitrogens is 2. The molecule has 15 N–H and O–H groups in total. The number of guanidine groups is 1. The highest BCUT2D eigenvalue weighted by atomic mass is 16.4. The maximum atomic E-state index is 14.6. The lowest BCUT2D eigenvalue weighted by Gasteiger charge is -2.30. The molecule has 0 unspecified atom stereocenters. The zero-order chi connectivity index (χ0) is 53.6. The number of amides is 8. The van der Waals surface area contributed by atoms with Gasteiger partial charge in [-0.2, -0.15) is 0 Å². The molecular formula is C49H68N14O11. The van der Waals surface area contributed by atoms with Crippen LogP contribution in [-0.2, 0) is 62.4 Å². The summed E-state index contributed by atoms with van der Waals surface area (Å²) in [6.07, 6.45) is 3.72. The molecule has 0 bridgehead atoms. The Labute approximate surface area is 427 Å². The summed E-state index contributed by atoms with van der Waals surface area (Å²) < 4.78 is 0. The number of likely N-dealkylation sites (N-methyl/N-ethyl adjacent to an activating group) is 1. The summed E-state index contributed by atoms with van der Waals surface area (Å²) in [5, 5.41) is 41.6. The number of rotatable bonds is 21. The maximum Gasteiger partial charge on any atom is 0.326 e. The van der Waals surface area contributed by atoms with E-state index in [4.69, 9.17) is 11.5 Å². The molecule has 0 aliphatic carbocycles. The van der Waals surface area contributed by atoms with E-state index in [1.165, 1.54) is 41.7 Å². The number of nitrogens with one attached hydrogen (secondary N) is 9. The largest absolute Gasteiger partial charge is 0.508 e. The summed E-state index contributed by atoms with van der Waals surface area (Å²) >= 11 is 0. The number of aromatic hydroxyl groups is 1. The third-order valence-corrected chi connectivity index (χ3v) is 12.4. The Morgan fingerprint density at radius 3 is 2.27 bits per heavy atom. The minimum atomic E-state index is -1.42. The zero-order valence-corrected chi connectivity index (χ0v) is 41.3. The Morgan fingerprint density at radius 2 is 1.58 bits per heavy atom. The number of carbonyl (C=O) groups excluding carboxylic acids is 8. The number of phenols is 1. The number of phenolic OH excluding ortho intramolecular Hbond substituents is 1. The van der Waals surface area contributed by atoms with Crippen LogP contribution in [0.25, 0.3) is 0 Å². The first-order valence-corrected chi connectivity index (χ1v) is 24.6. The van der Waals surface area contributed by atoms with Crippen molar-refractivity contribution in [1.29, 1.82) is 0 Å². The number of aromatic amines is 1. The Bertz CT molecular complexity index is 2420. The van der Waals surface area contributed by atoms with Gasteiger partial charge >= 0.3 is 5.97 Å². The van der Waals surface area contributed by atoms with Gasteiger partial charge in [0.1, 0.15) is 48.0 Å². The normalized spacial score (nSPS) is 19.9. The fourth-order valence-corrected chi connectivity index (χ4v) is 8.58. The van der Waals surface area contributed by atoms with Gasteiger partial charge in [0.05, 0.1) is 12.9 Å². The molecule has 25 nitrogen and oxygen atoms in total. The van der Waals surface area contributed by atoms with Crippen LogP contribution in [0.1, 0.15) is 74.6 Å². The van der Waals surface area contributed by atoms with Crippen LogP contribution in [-0.4, -0.2) is 160 Å². The summed E-state index contributed by atoms with van der Waals surface area (Å²) in [7, 11) is 1.55. The summed E-state index contributed by atoms with van der Waals surface area (Å²) in [5.41, 5.74) is 12.5. The standard InChI is InChI=1S/C49H68N14O11/c1-52-27-41(66)57-33(12-7-21-55-49(50)51)42(67)59-35-18-19-40(65)54-20-6-5-11-34(58-45(70)36(60-44(35)69)23-30-14-16-32(64)17-15-30)43(68)61-37(25-31-26-53-28-56-31)47(72)63-22-8-13-39(63)46(71)62-38(48(73)74)24-29-9-3-2-4-10-29/h2-4,9-10,14-17,26,28,33-39,52,64H,5-8,11-13,18-25,27H2,1H3,(H,53,56)(H,54,65)(H,57,66)(H,58,70)(H,59,67)(H,60,69)(H,61,68)(H,62,71)(H,73,74)(H4,50,51,55)/t33-,34-,35-,36-,37-,38+,39-/m0/s1. The second-order valence-electron chi connectivity index (χ2n) is 18.2. The van der Waals surface area contributed by atoms with Crippen LogP contribution in [0, 0.1) is 0 Å². The summed E-state index contributed by atoms with van der Waals surface area (Å²) in [5.74, 6) is -7.02. The number of aliphatic imine (C=N–C) groups is 1. The van der Waals surface area contributed by atoms with Crippen LogP contribution in [0.3, 0.4) is 0 Å². The van der Waals surface area contributed by atoms with Crippen LogP contribution in [0.2, 0.25) is 0 Å². The molecule has 2 aromatic carbocycles. The number of carbonyl (C=O) groups is 9. The smallest absolute Gasteiger partial charge is 0.326 e. The van der Waals surface area contributed by atoms with Crippen LogP contribution < -0.4 is 54.0 Å². The highest BCUT2D eigenvalue weighted by Crippen LogP contribution is 2.21. The van der Waals surface area contributed by atoms with Crippen molar-refractivity contribution in [1.82, 2.24) is 57.4 Å². The summed E-state index contributed by atoms with van der Waals surface area (Å²) in [4.78, 5) is 136. The van der Waals surface area contributed by atoms with E-state index in [1.807, 2.05) is 0 Å². The molecule has 3 heterocycles. The minimum absolute atomic E-state index is 0.000409. The van der Waals surface area contributed by atoms with E-state index in [2.05, 4.69) is 57.5 Å². The number of nitrogens with two attached hydrogens (primary N) is 2. The number of hydrogen-bond donors (Lipinski definition) is 13. The Balaban J connectivity index is 1.40. The van der Waals surface area contributed by atoms with Crippen LogP contribution in [0.15, 0.2) is 72.1 Å². The molecule has 2 saturated heterocycles. The number of carboxylic acid groups (broad SMARTS) is 1. The van der Waals surface area contributed by atoms with Crippen molar-refractivity contribution in [3.05, 3.63) is 83.9 Å². The van der Waals surface area contributed by atoms with Gasteiger partial charge in [0, 0.05) is 57.2 Å². The number of imidazole rings is 1. The van der Waals surface area contributed by atoms with Gasteiger partial charge in [0.2, 0.25) is 47.3 Å². The van der Waals surface area contributed by atoms with Crippen molar-refractivity contribution in [3.8, 4) is 5.75 Å². The molecule has 0 spiro atoms. The maximum absolute atomic E-state index is 14.6. The van der Waals surface area contributed by atoms with Crippen molar-refractivity contribution in [2.24, 2.45) is 16.5 Å². The van der Waals surface area contributed by atoms with Crippen molar-refractivity contribution < 1.29 is 53.4 Å². The molecule has 0 saturated carbocycles. The molecule has 2 fully saturated rings. The molecule has 74 heavy (non-hydrogen) atoms. The molecule has 25 heteroatoms. The number of aliphatic carboxylic acids is 1. The molecule has 400 valence electrons. The second kappa shape index (κ2) is 28.8. The highest BCUT2D eigenvalue weighted by Gasteiger charge is 2.40. The second-order valence-corrected chi connectivity index (χ2v) is 18.2. The number of benzene rings is 2. The lowest BCUT2D eigenvalue weighted by Crippen LogP contribution is -2.60. The number of carboxylic acids is 1. The van der Waals surface area contributed by atoms with Gasteiger partial charge in [-0.3, -0.25) is 43.3 Å². The van der Waals surface area contributed by atoms with Gasteiger partial charge < -0.3 is 74.1 Å². The molecule has 5 rings (SSSR count). The van der Waals surface area contributed by atoms with Crippen molar-refractivity contribution in [3.63, 3.8) is 0 Å². The number of likely N-dealkylation sites (tertiary alicyclic amines) is 1. The van der Waals surface area contributed by atoms with E-state index in [0.717, 1.165) is 0 Å². The molecule has 7 atom stereocenters. The first-order chi connectivity index (χ1) is 35.5. The van der Waals surface area contributed by atoms with Crippen LogP contribution in [0.4, 0.5) is 0 Å². The van der Waals surface area contributed by atoms with Gasteiger partial charge in [-0.25, -0.2) is 9.78 Å². The lowest BCUT2D eigenvalue weighted by molar-refractivity contribution is -0.145. The molecule has 0 radical (unpaired) electrons. The number of nitrogens with zero attached hydrogens (tertiary/aromatic N) is 3. The van der Waals surface area contributed by atoms with Crippen molar-refractivity contribution in [2.45, 2.75) is 119 Å². The monoisotopic (exact) mass is 1030 g/mol. The van der Waals surface area contributed by atoms with Crippen molar-refractivity contribution in [2.75, 3.05) is 33.2 Å². The highest BCUT2D eigenvalue weighted by molar-refractivity contribution is 5.98. The fraction of sp³-hybridized carbons (Fsp3) is 0.490. The third kappa shape index (κ3) is 18.2. The number of H-pyrrole nitrogens is 1. The fourth-order valence-electron chi connectivity index (χ4n) is 8.58. The molecule has 8 amide bonds. The average Bonchev–Trinajstić information content (AvgIpc) is 4.09. The molecule has 2 aliphatic rings. The average molecular weight is 1030 g/mol. The summed E-state index contributed by atoms with van der Waals surface area (Å²) in [6.45, 7) is 0.285. The minimum Gasteiger partial charge on any atom is -0.508 e. The Kier molecular flexibility index (Phi) is 22.1. The first-order valence-electron chi connectivity index (χ1n) is 24.6. The predicted octanol–water partition coefficient (Wildman–Crippen LogP) is -2.52. The predicted molar refractivity (Wildman–Crippen MR) is 268 cm³/mol. The van der Waals surface area contributed by atoms with E-state index in [9.17, 15) is 53.4 Å². The van der Waals surface area contributed by atoms with E-state index in [1.54, 1.807) is 37.4 Å². The Hall–Kier alpha value is -8.09. The number of hydrogen-bond acceptors (Lipinski definition) is 13. The molecular weight excluding hydrogens is 961 g/mol. The van der Waals surface area contributed by atoms with E-state index < -0.39 is 95.5 Å². The van der Waals surface area contributed by atoms with Gasteiger partial charge in [0.15, 0.2) is 5.96 Å². The van der Waals surface area contributed by atoms with Crippen LogP contribution in [0.5, 0.6) is 5.75 Å². The first kappa shape index (κ1) is 56.8. The van der Waals surface area contributed by atoms with Gasteiger partial charge in [-0.05, 0) is 81.7 Å². The molecule has 2 aliphatic heterocycles. The third-order valence-electron chi connectivity index (χ3n) is 12.4. The molecule has 3 aromatic rings. The van der Waals surface area contributed by atoms with Gasteiger partial charge in [-0.1, -0.05) is 42.5 Å². The van der Waals surface area contributed by atoms with Crippen LogP contribution >= 0.6 is 0 Å². The van der Waals surface area contributed by atoms with E-state index in [-0.39, 0.29) is 102 Å². The lowest BCUT2D eigenvalue weighted by atomic mass is 10.0. The topological polar surface area (TPSA) is 387 Å². The van der Waals surface area contributed by atoms with Gasteiger partial charge in [-0.15, -0.1) is 0 Å². The quantitative estimate of drug-likeness (QED) is 0.0298. The Morgan fingerprint density at radius 1 is 0.838 bits per heavy atom. The van der Waals surface area contributed by atoms with Crippen molar-refractivity contribution >= 4 is 59.2 Å².